The fourth-order valence-corrected chi connectivity index (χ4v) is 6.88. The highest BCUT2D eigenvalue weighted by Gasteiger charge is 2.25. The monoisotopic (exact) mass is 977 g/mol. The molecular formula is C47H56ClN7O6S4. The van der Waals surface area contributed by atoms with Crippen LogP contribution in [-0.2, 0) is 28.4 Å². The fraction of sp³-hybridized carbons (Fsp3) is 0.298. The van der Waals surface area contributed by atoms with Crippen LogP contribution in [0.15, 0.2) is 116 Å². The summed E-state index contributed by atoms with van der Waals surface area (Å²) in [7, 11) is 0. The number of nitrogens with zero attached hydrogens (tertiary/aromatic N) is 5. The lowest BCUT2D eigenvalue weighted by atomic mass is 10.1. The van der Waals surface area contributed by atoms with Gasteiger partial charge in [-0.05, 0) is 79.0 Å². The SMILES string of the molecule is CC(C)(C)OC(=O)Nc1cscn1.Cc1ccc(CCl)cc1.Cc1ccc(CN(C(=O)OC(C)(C)C)c2cscn2)cc1.Cc1ccc(CNc2cscn2)cc1.O=C(O)c1cscn1. The summed E-state index contributed by atoms with van der Waals surface area (Å²) >= 11 is 11.3. The highest BCUT2D eigenvalue weighted by atomic mass is 35.5. The Morgan fingerprint density at radius 1 is 0.615 bits per heavy atom. The lowest BCUT2D eigenvalue weighted by molar-refractivity contribution is 0.0574. The number of alkyl halides is 1. The lowest BCUT2D eigenvalue weighted by Crippen LogP contribution is -2.36. The molecule has 0 atom stereocenters. The molecule has 4 aromatic heterocycles. The number of nitrogens with one attached hydrogen (secondary N) is 2. The Hall–Kier alpha value is -5.72. The van der Waals surface area contributed by atoms with Crippen LogP contribution in [-0.4, -0.2) is 54.4 Å². The predicted molar refractivity (Wildman–Crippen MR) is 268 cm³/mol. The lowest BCUT2D eigenvalue weighted by Gasteiger charge is -2.26. The number of carboxylic acids is 1. The number of hydrogen-bond donors (Lipinski definition) is 3. The Morgan fingerprint density at radius 3 is 1.49 bits per heavy atom. The molecule has 13 nitrogen and oxygen atoms in total. The zero-order chi connectivity index (χ0) is 47.8. The maximum Gasteiger partial charge on any atom is 0.416 e. The molecule has 0 aliphatic rings. The third-order valence-electron chi connectivity index (χ3n) is 7.79. The number of ether oxygens (including phenoxy) is 2. The number of aromatic nitrogens is 4. The number of aryl methyl sites for hydroxylation is 3. The van der Waals surface area contributed by atoms with Crippen LogP contribution in [0.1, 0.15) is 85.4 Å². The molecule has 0 saturated heterocycles. The number of carboxylic acid groups (broad SMARTS) is 1. The van der Waals surface area contributed by atoms with E-state index >= 15 is 0 Å². The first-order valence-corrected chi connectivity index (χ1v) is 24.3. The van der Waals surface area contributed by atoms with E-state index in [1.54, 1.807) is 32.6 Å². The molecule has 0 aliphatic carbocycles. The maximum absolute atomic E-state index is 12.4. The number of benzene rings is 3. The Balaban J connectivity index is 0.000000225. The number of carbonyl (C=O) groups excluding carboxylic acids is 2. The molecule has 7 aromatic rings. The van der Waals surface area contributed by atoms with E-state index in [1.807, 2.05) is 101 Å². The number of halogens is 1. The summed E-state index contributed by atoms with van der Waals surface area (Å²) in [5, 5.41) is 21.1. The fourth-order valence-electron chi connectivity index (χ4n) is 4.65. The Morgan fingerprint density at radius 2 is 1.08 bits per heavy atom. The Bertz CT molecular complexity index is 2370. The standard InChI is InChI=1S/C16H20N2O2S.C11H12N2S.C8H9Cl.C8H12N2O2S.C4H3NO2S/c1-12-5-7-13(8-6-12)9-18(14-10-21-11-17-14)15(19)20-16(2,3)4;1-9-2-4-10(5-3-9)6-12-11-7-14-8-13-11;1-7-2-4-8(6-9)5-3-7;1-8(2,3)12-7(11)10-6-4-13-5-9-6;6-4(7)3-1-8-2-5-3/h5-8,10-11H,9H2,1-4H3;2-5,7-8,12H,6H2,1H3;2-5H,6H2,1H3;4-5H,1-3H3,(H,10,11);1-2H,(H,6,7). The minimum Gasteiger partial charge on any atom is -0.476 e. The third-order valence-corrected chi connectivity index (χ3v) is 10.4. The van der Waals surface area contributed by atoms with Gasteiger partial charge in [-0.15, -0.1) is 56.9 Å². The second kappa shape index (κ2) is 27.6. The summed E-state index contributed by atoms with van der Waals surface area (Å²) < 4.78 is 10.5. The van der Waals surface area contributed by atoms with E-state index in [0.29, 0.717) is 24.1 Å². The summed E-state index contributed by atoms with van der Waals surface area (Å²) in [4.78, 5) is 50.9. The summed E-state index contributed by atoms with van der Waals surface area (Å²) in [6, 6.07) is 24.8. The van der Waals surface area contributed by atoms with Gasteiger partial charge in [0.2, 0.25) is 0 Å². The van der Waals surface area contributed by atoms with E-state index < -0.39 is 23.3 Å². The molecule has 0 spiro atoms. The molecule has 3 aromatic carbocycles. The van der Waals surface area contributed by atoms with Gasteiger partial charge in [-0.3, -0.25) is 10.2 Å². The molecular weight excluding hydrogens is 922 g/mol. The van der Waals surface area contributed by atoms with Gasteiger partial charge in [-0.25, -0.2) is 34.3 Å². The molecule has 0 fully saturated rings. The van der Waals surface area contributed by atoms with Gasteiger partial charge in [0, 0.05) is 33.9 Å². The maximum atomic E-state index is 12.4. The zero-order valence-corrected chi connectivity index (χ0v) is 41.9. The minimum absolute atomic E-state index is 0.120. The Labute approximate surface area is 402 Å². The van der Waals surface area contributed by atoms with E-state index in [4.69, 9.17) is 26.2 Å². The molecule has 2 amide bonds. The highest BCUT2D eigenvalue weighted by Crippen LogP contribution is 2.21. The molecule has 4 heterocycles. The second-order valence-corrected chi connectivity index (χ2v) is 19.1. The van der Waals surface area contributed by atoms with Crippen molar-refractivity contribution in [1.82, 2.24) is 19.9 Å². The van der Waals surface area contributed by atoms with Gasteiger partial charge in [-0.2, -0.15) is 0 Å². The molecule has 18 heteroatoms. The second-order valence-electron chi connectivity index (χ2n) is 15.9. The molecule has 0 bridgehead atoms. The van der Waals surface area contributed by atoms with Crippen molar-refractivity contribution < 1.29 is 29.0 Å². The number of thiazole rings is 4. The largest absolute Gasteiger partial charge is 0.476 e. The summed E-state index contributed by atoms with van der Waals surface area (Å²) in [5.41, 5.74) is 13.1. The van der Waals surface area contributed by atoms with Crippen LogP contribution in [0.4, 0.5) is 27.0 Å². The van der Waals surface area contributed by atoms with Crippen molar-refractivity contribution in [3.63, 3.8) is 0 Å². The number of rotatable bonds is 9. The number of hydrogen-bond acceptors (Lipinski definition) is 14. The van der Waals surface area contributed by atoms with Crippen molar-refractivity contribution in [1.29, 1.82) is 0 Å². The van der Waals surface area contributed by atoms with Crippen molar-refractivity contribution in [3.05, 3.63) is 155 Å². The van der Waals surface area contributed by atoms with Crippen LogP contribution in [0.3, 0.4) is 0 Å². The average Bonchev–Trinajstić information content (AvgIpc) is 4.10. The normalized spacial score (nSPS) is 10.4. The van der Waals surface area contributed by atoms with Crippen molar-refractivity contribution >= 4 is 92.6 Å². The zero-order valence-electron chi connectivity index (χ0n) is 37.9. The van der Waals surface area contributed by atoms with Crippen LogP contribution in [0, 0.1) is 20.8 Å². The molecule has 346 valence electrons. The summed E-state index contributed by atoms with van der Waals surface area (Å²) in [6.07, 6.45) is -0.854. The summed E-state index contributed by atoms with van der Waals surface area (Å²) in [5.74, 6) is 1.75. The number of carbonyl (C=O) groups is 3. The first kappa shape index (κ1) is 53.6. The summed E-state index contributed by atoms with van der Waals surface area (Å²) in [6.45, 7) is 18.5. The Kier molecular flexibility index (Phi) is 22.7. The van der Waals surface area contributed by atoms with Crippen LogP contribution in [0.2, 0.25) is 0 Å². The van der Waals surface area contributed by atoms with Crippen molar-refractivity contribution in [2.45, 2.75) is 92.5 Å². The van der Waals surface area contributed by atoms with E-state index in [-0.39, 0.29) is 11.8 Å². The first-order chi connectivity index (χ1) is 30.8. The van der Waals surface area contributed by atoms with Gasteiger partial charge < -0.3 is 19.9 Å². The molecule has 3 N–H and O–H groups in total. The van der Waals surface area contributed by atoms with E-state index in [2.05, 4.69) is 80.8 Å². The van der Waals surface area contributed by atoms with Gasteiger partial charge in [-0.1, -0.05) is 89.5 Å². The van der Waals surface area contributed by atoms with Crippen LogP contribution in [0.25, 0.3) is 0 Å². The van der Waals surface area contributed by atoms with E-state index in [0.717, 1.165) is 17.9 Å². The molecule has 7 rings (SSSR count). The van der Waals surface area contributed by atoms with Crippen molar-refractivity contribution in [3.8, 4) is 0 Å². The van der Waals surface area contributed by atoms with Gasteiger partial charge in [0.05, 0.1) is 28.6 Å². The van der Waals surface area contributed by atoms with E-state index in [9.17, 15) is 14.4 Å². The van der Waals surface area contributed by atoms with Crippen LogP contribution < -0.4 is 15.5 Å². The van der Waals surface area contributed by atoms with Crippen LogP contribution in [0.5, 0.6) is 0 Å². The number of aromatic carboxylic acids is 1. The quantitative estimate of drug-likeness (QED) is 0.118. The van der Waals surface area contributed by atoms with Gasteiger partial charge in [0.1, 0.15) is 28.7 Å². The minimum atomic E-state index is -0.966. The molecule has 0 radical (unpaired) electrons. The van der Waals surface area contributed by atoms with E-state index in [1.165, 1.54) is 72.7 Å². The molecule has 0 unspecified atom stereocenters. The van der Waals surface area contributed by atoms with Crippen LogP contribution >= 0.6 is 56.9 Å². The molecule has 0 aliphatic heterocycles. The molecule has 0 saturated carbocycles. The topological polar surface area (TPSA) is 169 Å². The average molecular weight is 979 g/mol. The highest BCUT2D eigenvalue weighted by molar-refractivity contribution is 7.08. The first-order valence-electron chi connectivity index (χ1n) is 20.0. The predicted octanol–water partition coefficient (Wildman–Crippen LogP) is 13.5. The smallest absolute Gasteiger partial charge is 0.416 e. The van der Waals surface area contributed by atoms with Gasteiger partial charge in [0.25, 0.3) is 0 Å². The van der Waals surface area contributed by atoms with Gasteiger partial charge >= 0.3 is 18.2 Å². The number of amides is 2. The molecule has 65 heavy (non-hydrogen) atoms. The van der Waals surface area contributed by atoms with Crippen molar-refractivity contribution in [2.24, 2.45) is 0 Å². The third kappa shape index (κ3) is 23.2. The van der Waals surface area contributed by atoms with Crippen molar-refractivity contribution in [2.75, 3.05) is 15.5 Å². The van der Waals surface area contributed by atoms with Gasteiger partial charge in [0.15, 0.2) is 5.69 Å². The number of anilines is 3.